The second kappa shape index (κ2) is 19.0. The maximum Gasteiger partial charge on any atom is 0.135 e. The Morgan fingerprint density at radius 3 is 2.19 bits per heavy atom. The first kappa shape index (κ1) is 32.9. The van der Waals surface area contributed by atoms with Gasteiger partial charge in [0.25, 0.3) is 0 Å². The fraction of sp³-hybridized carbons (Fsp3) is 0.800. The molecule has 4 unspecified atom stereocenters. The minimum Gasteiger partial charge on any atom is -0.299 e. The fourth-order valence-corrected chi connectivity index (χ4v) is 5.61. The summed E-state index contributed by atoms with van der Waals surface area (Å²) < 4.78 is 0. The molecule has 36 heavy (non-hydrogen) atoms. The predicted octanol–water partition coefficient (Wildman–Crippen LogP) is 11.4. The number of hydrogen-bond donors (Lipinski definition) is 0. The summed E-state index contributed by atoms with van der Waals surface area (Å²) in [5.74, 6) is 3.72. The number of Topliss-reactive ketones (excluding diaryl/α,β-unsaturated/α-hetero) is 1. The lowest BCUT2D eigenvalue weighted by Crippen LogP contribution is -2.12. The molecule has 1 aliphatic rings. The van der Waals surface area contributed by atoms with E-state index in [2.05, 4.69) is 67.2 Å². The second-order valence-corrected chi connectivity index (χ2v) is 13.0. The summed E-state index contributed by atoms with van der Waals surface area (Å²) in [4.78, 5) is 12.6. The summed E-state index contributed by atoms with van der Waals surface area (Å²) in [5, 5.41) is 0. The van der Waals surface area contributed by atoms with E-state index in [1.165, 1.54) is 81.8 Å². The maximum atomic E-state index is 12.6. The SMILES string of the molecule is C=C(CCC=C(C)CCCC(C)CCC(=O)C(C)CCCC(C)CCCC(C)C)C1CC=C(C)CC1. The van der Waals surface area contributed by atoms with Crippen molar-refractivity contribution < 1.29 is 4.79 Å². The molecule has 0 amide bonds. The fourth-order valence-electron chi connectivity index (χ4n) is 5.61. The molecule has 0 aromatic rings. The van der Waals surface area contributed by atoms with Crippen molar-refractivity contribution >= 4 is 5.78 Å². The lowest BCUT2D eigenvalue weighted by atomic mass is 9.83. The van der Waals surface area contributed by atoms with Crippen LogP contribution in [-0.2, 0) is 4.79 Å². The van der Waals surface area contributed by atoms with Gasteiger partial charge in [-0.3, -0.25) is 4.79 Å². The molecule has 0 bridgehead atoms. The molecule has 1 rings (SSSR count). The molecule has 0 aromatic heterocycles. The second-order valence-electron chi connectivity index (χ2n) is 13.0. The Hall–Kier alpha value is -1.11. The summed E-state index contributed by atoms with van der Waals surface area (Å²) in [6, 6.07) is 0. The van der Waals surface area contributed by atoms with Gasteiger partial charge in [-0.1, -0.05) is 109 Å². The number of ketones is 1. The number of carbonyl (C=O) groups excluding carboxylic acids is 1. The predicted molar refractivity (Wildman–Crippen MR) is 161 cm³/mol. The molecule has 0 radical (unpaired) electrons. The van der Waals surface area contributed by atoms with Crippen molar-refractivity contribution in [2.75, 3.05) is 0 Å². The van der Waals surface area contributed by atoms with Crippen molar-refractivity contribution in [1.29, 1.82) is 0 Å². The standard InChI is InChI=1S/C35H62O/c1-27(2)13-9-14-28(3)18-12-20-33(8)35(36)26-23-30(5)16-10-15-29(4)17-11-19-32(7)34-24-21-31(6)22-25-34/h17,21,27-28,30,33-34H,7,9-16,18-20,22-26H2,1-6,8H3. The molecular weight excluding hydrogens is 436 g/mol. The average Bonchev–Trinajstić information content (AvgIpc) is 2.82. The lowest BCUT2D eigenvalue weighted by molar-refractivity contribution is -0.122. The molecule has 0 aliphatic heterocycles. The third kappa shape index (κ3) is 15.9. The van der Waals surface area contributed by atoms with Crippen LogP contribution in [0.5, 0.6) is 0 Å². The van der Waals surface area contributed by atoms with Crippen LogP contribution in [0.15, 0.2) is 35.5 Å². The zero-order valence-electron chi connectivity index (χ0n) is 25.5. The van der Waals surface area contributed by atoms with Crippen LogP contribution in [0.1, 0.15) is 151 Å². The molecule has 0 aromatic carbocycles. The Morgan fingerprint density at radius 2 is 1.56 bits per heavy atom. The molecule has 0 saturated heterocycles. The van der Waals surface area contributed by atoms with E-state index in [-0.39, 0.29) is 5.92 Å². The minimum absolute atomic E-state index is 0.244. The minimum atomic E-state index is 0.244. The number of rotatable bonds is 20. The first-order valence-corrected chi connectivity index (χ1v) is 15.6. The van der Waals surface area contributed by atoms with Crippen LogP contribution in [0.25, 0.3) is 0 Å². The first-order chi connectivity index (χ1) is 17.1. The van der Waals surface area contributed by atoms with Gasteiger partial charge in [0, 0.05) is 12.3 Å². The van der Waals surface area contributed by atoms with Gasteiger partial charge < -0.3 is 0 Å². The van der Waals surface area contributed by atoms with Crippen LogP contribution in [-0.4, -0.2) is 5.78 Å². The average molecular weight is 499 g/mol. The molecule has 0 heterocycles. The van der Waals surface area contributed by atoms with E-state index in [1.807, 2.05) is 0 Å². The third-order valence-electron chi connectivity index (χ3n) is 8.69. The van der Waals surface area contributed by atoms with Crippen LogP contribution in [0.3, 0.4) is 0 Å². The highest BCUT2D eigenvalue weighted by Gasteiger charge is 2.16. The Balaban J connectivity index is 2.11. The highest BCUT2D eigenvalue weighted by atomic mass is 16.1. The van der Waals surface area contributed by atoms with E-state index in [9.17, 15) is 4.79 Å². The van der Waals surface area contributed by atoms with Gasteiger partial charge in [0.05, 0.1) is 0 Å². The summed E-state index contributed by atoms with van der Waals surface area (Å²) in [6.07, 6.45) is 24.0. The molecule has 0 spiro atoms. The van der Waals surface area contributed by atoms with Gasteiger partial charge in [0.15, 0.2) is 0 Å². The van der Waals surface area contributed by atoms with Gasteiger partial charge in [0.1, 0.15) is 5.78 Å². The lowest BCUT2D eigenvalue weighted by Gasteiger charge is -2.22. The quantitative estimate of drug-likeness (QED) is 0.152. The Kier molecular flexibility index (Phi) is 17.4. The number of allylic oxidation sites excluding steroid dienone is 5. The van der Waals surface area contributed by atoms with Crippen molar-refractivity contribution in [3.05, 3.63) is 35.5 Å². The molecule has 0 N–H and O–H groups in total. The molecule has 0 fully saturated rings. The largest absolute Gasteiger partial charge is 0.299 e. The molecule has 0 saturated carbocycles. The van der Waals surface area contributed by atoms with E-state index in [4.69, 9.17) is 0 Å². The van der Waals surface area contributed by atoms with Crippen LogP contribution < -0.4 is 0 Å². The van der Waals surface area contributed by atoms with Crippen molar-refractivity contribution in [2.24, 2.45) is 29.6 Å². The maximum absolute atomic E-state index is 12.6. The zero-order chi connectivity index (χ0) is 26.9. The zero-order valence-corrected chi connectivity index (χ0v) is 25.5. The van der Waals surface area contributed by atoms with E-state index >= 15 is 0 Å². The van der Waals surface area contributed by atoms with Crippen molar-refractivity contribution in [1.82, 2.24) is 0 Å². The monoisotopic (exact) mass is 498 g/mol. The molecule has 1 aliphatic carbocycles. The summed E-state index contributed by atoms with van der Waals surface area (Å²) in [6.45, 7) is 20.4. The molecule has 208 valence electrons. The van der Waals surface area contributed by atoms with Gasteiger partial charge in [-0.2, -0.15) is 0 Å². The Labute approximate surface area is 226 Å². The van der Waals surface area contributed by atoms with Gasteiger partial charge in [-0.05, 0) is 95.3 Å². The van der Waals surface area contributed by atoms with E-state index in [1.54, 1.807) is 5.57 Å². The summed E-state index contributed by atoms with van der Waals surface area (Å²) >= 11 is 0. The molecule has 1 heteroatoms. The smallest absolute Gasteiger partial charge is 0.135 e. The van der Waals surface area contributed by atoms with Gasteiger partial charge in [-0.25, -0.2) is 0 Å². The van der Waals surface area contributed by atoms with E-state index in [0.29, 0.717) is 17.6 Å². The first-order valence-electron chi connectivity index (χ1n) is 15.6. The Bertz CT molecular complexity index is 679. The van der Waals surface area contributed by atoms with Gasteiger partial charge in [-0.15, -0.1) is 0 Å². The number of hydrogen-bond acceptors (Lipinski definition) is 1. The van der Waals surface area contributed by atoms with Crippen LogP contribution in [0.4, 0.5) is 0 Å². The Morgan fingerprint density at radius 1 is 0.917 bits per heavy atom. The third-order valence-corrected chi connectivity index (χ3v) is 8.69. The normalized spacial score (nSPS) is 19.2. The van der Waals surface area contributed by atoms with Crippen LogP contribution in [0.2, 0.25) is 0 Å². The van der Waals surface area contributed by atoms with E-state index in [0.717, 1.165) is 43.9 Å². The van der Waals surface area contributed by atoms with Crippen molar-refractivity contribution in [2.45, 2.75) is 151 Å². The number of carbonyl (C=O) groups is 1. The van der Waals surface area contributed by atoms with Gasteiger partial charge in [0.2, 0.25) is 0 Å². The van der Waals surface area contributed by atoms with Crippen molar-refractivity contribution in [3.63, 3.8) is 0 Å². The highest BCUT2D eigenvalue weighted by Crippen LogP contribution is 2.30. The summed E-state index contributed by atoms with van der Waals surface area (Å²) in [7, 11) is 0. The van der Waals surface area contributed by atoms with Crippen molar-refractivity contribution in [3.8, 4) is 0 Å². The van der Waals surface area contributed by atoms with Gasteiger partial charge >= 0.3 is 0 Å². The molecule has 4 atom stereocenters. The molecule has 1 nitrogen and oxygen atoms in total. The van der Waals surface area contributed by atoms with E-state index < -0.39 is 0 Å². The molecular formula is C35H62O. The van der Waals surface area contributed by atoms with Crippen LogP contribution >= 0.6 is 0 Å². The topological polar surface area (TPSA) is 17.1 Å². The highest BCUT2D eigenvalue weighted by molar-refractivity contribution is 5.80. The van der Waals surface area contributed by atoms with Crippen LogP contribution in [0, 0.1) is 29.6 Å². The summed E-state index contributed by atoms with van der Waals surface area (Å²) in [5.41, 5.74) is 4.53.